The van der Waals surface area contributed by atoms with Gasteiger partial charge in [0.1, 0.15) is 0 Å². The maximum absolute atomic E-state index is 13.5. The molecule has 0 atom stereocenters. The van der Waals surface area contributed by atoms with Gasteiger partial charge in [-0.2, -0.15) is 0 Å². The van der Waals surface area contributed by atoms with Crippen LogP contribution in [-0.4, -0.2) is 48.3 Å². The number of amides is 4. The number of urea groups is 1. The van der Waals surface area contributed by atoms with Crippen LogP contribution in [0.5, 0.6) is 11.5 Å². The van der Waals surface area contributed by atoms with Gasteiger partial charge in [-0.3, -0.25) is 14.4 Å². The molecule has 4 saturated carbocycles. The fraction of sp³-hybridized carbons (Fsp3) is 0.630. The lowest BCUT2D eigenvalue weighted by atomic mass is 9.48. The zero-order chi connectivity index (χ0) is 24.7. The van der Waals surface area contributed by atoms with Crippen LogP contribution in [-0.2, 0) is 14.4 Å². The van der Waals surface area contributed by atoms with Crippen LogP contribution in [0.2, 0.25) is 0 Å². The molecule has 1 aromatic carbocycles. The van der Waals surface area contributed by atoms with Gasteiger partial charge >= 0.3 is 17.8 Å². The number of carbonyl (C=O) groups is 4. The highest BCUT2D eigenvalue weighted by atomic mass is 16.5. The second-order valence-corrected chi connectivity index (χ2v) is 10.8. The van der Waals surface area contributed by atoms with Crippen molar-refractivity contribution in [1.29, 1.82) is 0 Å². The molecule has 5 fully saturated rings. The van der Waals surface area contributed by atoms with E-state index in [4.69, 9.17) is 9.47 Å². The van der Waals surface area contributed by atoms with E-state index in [0.717, 1.165) is 41.9 Å². The molecule has 1 heterocycles. The van der Waals surface area contributed by atoms with Gasteiger partial charge in [0.25, 0.3) is 0 Å². The second kappa shape index (κ2) is 9.28. The number of imide groups is 2. The van der Waals surface area contributed by atoms with Crippen LogP contribution in [0, 0.1) is 23.2 Å². The molecule has 8 nitrogen and oxygen atoms in total. The van der Waals surface area contributed by atoms with Gasteiger partial charge in [0.05, 0.1) is 25.4 Å². The average molecular weight is 483 g/mol. The van der Waals surface area contributed by atoms with E-state index in [-0.39, 0.29) is 18.0 Å². The van der Waals surface area contributed by atoms with E-state index in [2.05, 4.69) is 0 Å². The Bertz CT molecular complexity index is 1010. The van der Waals surface area contributed by atoms with Gasteiger partial charge in [-0.1, -0.05) is 13.8 Å². The predicted molar refractivity (Wildman–Crippen MR) is 128 cm³/mol. The maximum atomic E-state index is 13.5. The van der Waals surface area contributed by atoms with E-state index in [1.54, 1.807) is 18.2 Å². The smallest absolute Gasteiger partial charge is 0.339 e. The number of benzene rings is 1. The van der Waals surface area contributed by atoms with Crippen molar-refractivity contribution in [3.05, 3.63) is 18.2 Å². The minimum absolute atomic E-state index is 0.0665. The van der Waals surface area contributed by atoms with Gasteiger partial charge in [-0.05, 0) is 81.3 Å². The summed E-state index contributed by atoms with van der Waals surface area (Å²) in [6.45, 7) is 4.58. The van der Waals surface area contributed by atoms with Gasteiger partial charge in [0, 0.05) is 11.5 Å². The third-order valence-electron chi connectivity index (χ3n) is 8.09. The number of carbonyl (C=O) groups excluding carboxylic acids is 4. The zero-order valence-electron chi connectivity index (χ0n) is 20.6. The first-order valence-corrected chi connectivity index (χ1v) is 13.0. The van der Waals surface area contributed by atoms with Gasteiger partial charge < -0.3 is 9.47 Å². The Hall–Kier alpha value is -2.90. The summed E-state index contributed by atoms with van der Waals surface area (Å²) in [6, 6.07) is 3.98. The Labute approximate surface area is 205 Å². The first-order valence-electron chi connectivity index (χ1n) is 13.0. The largest absolute Gasteiger partial charge is 0.490 e. The molecule has 4 amide bonds. The van der Waals surface area contributed by atoms with Crippen molar-refractivity contribution in [3.8, 4) is 11.5 Å². The molecule has 0 aromatic heterocycles. The van der Waals surface area contributed by atoms with Crippen molar-refractivity contribution in [3.63, 3.8) is 0 Å². The van der Waals surface area contributed by atoms with Crippen molar-refractivity contribution in [2.75, 3.05) is 24.7 Å². The molecule has 0 spiro atoms. The zero-order valence-corrected chi connectivity index (χ0v) is 20.6. The first-order chi connectivity index (χ1) is 16.8. The number of ether oxygens (including phenoxy) is 2. The number of nitrogens with zero attached hydrogens (tertiary/aromatic N) is 2. The molecule has 8 heteroatoms. The molecule has 4 bridgehead atoms. The van der Waals surface area contributed by atoms with Crippen LogP contribution < -0.4 is 14.4 Å². The van der Waals surface area contributed by atoms with Crippen molar-refractivity contribution in [1.82, 2.24) is 4.90 Å². The monoisotopic (exact) mass is 482 g/mol. The van der Waals surface area contributed by atoms with Crippen LogP contribution >= 0.6 is 0 Å². The fourth-order valence-corrected chi connectivity index (χ4v) is 6.93. The summed E-state index contributed by atoms with van der Waals surface area (Å²) < 4.78 is 11.5. The van der Waals surface area contributed by atoms with Crippen molar-refractivity contribution in [2.24, 2.45) is 23.2 Å². The van der Waals surface area contributed by atoms with Gasteiger partial charge in [-0.25, -0.2) is 14.6 Å². The van der Waals surface area contributed by atoms with E-state index in [1.807, 2.05) is 13.8 Å². The number of hydrogen-bond donors (Lipinski definition) is 0. The third kappa shape index (κ3) is 4.21. The quantitative estimate of drug-likeness (QED) is 0.364. The summed E-state index contributed by atoms with van der Waals surface area (Å²) in [7, 11) is 0. The molecular formula is C27H34N2O6. The molecule has 6 rings (SSSR count). The van der Waals surface area contributed by atoms with Crippen molar-refractivity contribution < 1.29 is 28.7 Å². The first kappa shape index (κ1) is 23.8. The topological polar surface area (TPSA) is 93.2 Å². The standard InChI is InChI=1S/C27H34N2O6/c1-3-7-34-21-6-5-20(12-22(21)35-8-4-2)29-25(32)24(31)28(26(29)33)16-23(30)27-13-17-9-18(14-27)11-19(10-17)15-27/h5-6,12,17-19H,3-4,7-11,13-16H2,1-2H3. The molecule has 0 radical (unpaired) electrons. The van der Waals surface area contributed by atoms with Crippen molar-refractivity contribution in [2.45, 2.75) is 65.2 Å². The van der Waals surface area contributed by atoms with Gasteiger partial charge in [0.15, 0.2) is 17.3 Å². The maximum Gasteiger partial charge on any atom is 0.339 e. The molecule has 1 saturated heterocycles. The highest BCUT2D eigenvalue weighted by Crippen LogP contribution is 2.60. The fourth-order valence-electron chi connectivity index (χ4n) is 6.93. The third-order valence-corrected chi connectivity index (χ3v) is 8.09. The molecular weight excluding hydrogens is 448 g/mol. The molecule has 0 N–H and O–H groups in total. The Morgan fingerprint density at radius 3 is 2.03 bits per heavy atom. The Morgan fingerprint density at radius 1 is 0.886 bits per heavy atom. The molecule has 0 unspecified atom stereocenters. The van der Waals surface area contributed by atoms with Crippen molar-refractivity contribution >= 4 is 29.3 Å². The normalized spacial score (nSPS) is 29.3. The highest BCUT2D eigenvalue weighted by molar-refractivity contribution is 6.53. The number of anilines is 1. The van der Waals surface area contributed by atoms with Gasteiger partial charge in [0.2, 0.25) is 0 Å². The van der Waals surface area contributed by atoms with Crippen LogP contribution in [0.1, 0.15) is 65.2 Å². The van der Waals surface area contributed by atoms with E-state index in [0.29, 0.717) is 42.5 Å². The van der Waals surface area contributed by atoms with Gasteiger partial charge in [-0.15, -0.1) is 0 Å². The number of ketones is 1. The average Bonchev–Trinajstić information content (AvgIpc) is 3.03. The van der Waals surface area contributed by atoms with E-state index >= 15 is 0 Å². The van der Waals surface area contributed by atoms with E-state index < -0.39 is 23.3 Å². The molecule has 35 heavy (non-hydrogen) atoms. The molecule has 4 aliphatic carbocycles. The summed E-state index contributed by atoms with van der Waals surface area (Å²) in [5.74, 6) is 0.683. The number of Topliss-reactive ketones (excluding diaryl/α,β-unsaturated/α-hetero) is 1. The Balaban J connectivity index is 1.35. The summed E-state index contributed by atoms with van der Waals surface area (Å²) in [6.07, 6.45) is 7.73. The predicted octanol–water partition coefficient (Wildman–Crippen LogP) is 4.34. The van der Waals surface area contributed by atoms with Crippen LogP contribution in [0.4, 0.5) is 10.5 Å². The SMILES string of the molecule is CCCOc1ccc(N2C(=O)C(=O)N(CC(=O)C34CC5CC(CC(C5)C3)C4)C2=O)cc1OCCC. The Morgan fingerprint density at radius 2 is 1.46 bits per heavy atom. The highest BCUT2D eigenvalue weighted by Gasteiger charge is 2.56. The molecule has 188 valence electrons. The minimum atomic E-state index is -0.949. The summed E-state index contributed by atoms with van der Waals surface area (Å²) in [5.41, 5.74) is -0.210. The molecule has 5 aliphatic rings. The van der Waals surface area contributed by atoms with E-state index in [9.17, 15) is 19.2 Å². The van der Waals surface area contributed by atoms with Crippen LogP contribution in [0.3, 0.4) is 0 Å². The number of hydrogen-bond acceptors (Lipinski definition) is 6. The lowest BCUT2D eigenvalue weighted by Crippen LogP contribution is -2.53. The molecule has 1 aliphatic heterocycles. The molecule has 1 aromatic rings. The van der Waals surface area contributed by atoms with Crippen LogP contribution in [0.15, 0.2) is 18.2 Å². The summed E-state index contributed by atoms with van der Waals surface area (Å²) in [4.78, 5) is 54.1. The number of rotatable bonds is 10. The minimum Gasteiger partial charge on any atom is -0.490 e. The summed E-state index contributed by atoms with van der Waals surface area (Å²) >= 11 is 0. The lowest BCUT2D eigenvalue weighted by Gasteiger charge is -2.56. The van der Waals surface area contributed by atoms with E-state index in [1.165, 1.54) is 19.3 Å². The van der Waals surface area contributed by atoms with Crippen LogP contribution in [0.25, 0.3) is 0 Å². The lowest BCUT2D eigenvalue weighted by molar-refractivity contribution is -0.148. The second-order valence-electron chi connectivity index (χ2n) is 10.8. The Kier molecular flexibility index (Phi) is 6.32. The summed E-state index contributed by atoms with van der Waals surface area (Å²) in [5, 5.41) is 0.